The summed E-state index contributed by atoms with van der Waals surface area (Å²) in [7, 11) is 0. The number of β-amino-alcohol motifs (C(OH)–C–C–N with tert-alkyl or cyclic N) is 1. The summed E-state index contributed by atoms with van der Waals surface area (Å²) in [6.07, 6.45) is -3.04. The first-order valence-corrected chi connectivity index (χ1v) is 14.4. The van der Waals surface area contributed by atoms with E-state index in [0.717, 1.165) is 19.2 Å². The zero-order valence-corrected chi connectivity index (χ0v) is 24.6. The quantitative estimate of drug-likeness (QED) is 0.334. The van der Waals surface area contributed by atoms with Crippen molar-refractivity contribution in [3.8, 4) is 0 Å². The number of nitrogens with one attached hydrogen (secondary N) is 2. The van der Waals surface area contributed by atoms with Crippen LogP contribution in [0.5, 0.6) is 0 Å². The number of amides is 2. The molecule has 14 heteroatoms. The van der Waals surface area contributed by atoms with Gasteiger partial charge in [-0.25, -0.2) is 15.0 Å². The molecule has 1 saturated heterocycles. The molecular weight excluding hydrogens is 571 g/mol. The third-order valence-corrected chi connectivity index (χ3v) is 7.99. The molecule has 0 unspecified atom stereocenters. The Morgan fingerprint density at radius 1 is 1.10 bits per heavy atom. The minimum absolute atomic E-state index is 0.00662. The molecule has 3 aromatic rings. The Labute approximate surface area is 246 Å². The number of hydrogen-bond donors (Lipinski definition) is 3. The van der Waals surface area contributed by atoms with Crippen molar-refractivity contribution in [3.05, 3.63) is 62.9 Å². The van der Waals surface area contributed by atoms with Crippen LogP contribution < -0.4 is 15.5 Å². The van der Waals surface area contributed by atoms with Crippen LogP contribution in [0.2, 0.25) is 0 Å². The number of aliphatic hydroxyl groups excluding tert-OH is 1. The second-order valence-corrected chi connectivity index (χ2v) is 11.4. The number of halogens is 3. The molecule has 0 bridgehead atoms. The molecule has 0 saturated carbocycles. The summed E-state index contributed by atoms with van der Waals surface area (Å²) in [5.41, 5.74) is 0.110. The van der Waals surface area contributed by atoms with Crippen molar-refractivity contribution < 1.29 is 27.9 Å². The Hall–Kier alpha value is -3.62. The van der Waals surface area contributed by atoms with Crippen molar-refractivity contribution in [1.82, 2.24) is 25.2 Å². The second kappa shape index (κ2) is 13.1. The molecule has 0 radical (unpaired) electrons. The highest BCUT2D eigenvalue weighted by Gasteiger charge is 2.33. The number of hydrogen-bond acceptors (Lipinski definition) is 9. The number of piperazine rings is 1. The van der Waals surface area contributed by atoms with E-state index in [1.807, 2.05) is 18.7 Å². The summed E-state index contributed by atoms with van der Waals surface area (Å²) in [4.78, 5) is 43.6. The Bertz CT molecular complexity index is 1420. The van der Waals surface area contributed by atoms with Crippen LogP contribution in [0, 0.1) is 19.8 Å². The average Bonchev–Trinajstić information content (AvgIpc) is 3.42. The highest BCUT2D eigenvalue weighted by atomic mass is 32.1. The summed E-state index contributed by atoms with van der Waals surface area (Å²) in [5, 5.41) is 16.6. The predicted molar refractivity (Wildman–Crippen MR) is 154 cm³/mol. The van der Waals surface area contributed by atoms with Gasteiger partial charge in [0, 0.05) is 50.0 Å². The zero-order chi connectivity index (χ0) is 30.6. The van der Waals surface area contributed by atoms with Gasteiger partial charge >= 0.3 is 6.18 Å². The number of aromatic nitrogens is 3. The van der Waals surface area contributed by atoms with Crippen LogP contribution in [0.15, 0.2) is 29.8 Å². The third kappa shape index (κ3) is 7.41. The van der Waals surface area contributed by atoms with E-state index in [1.54, 1.807) is 6.92 Å². The molecule has 3 N–H and O–H groups in total. The molecule has 2 aromatic heterocycles. The molecule has 0 spiro atoms. The fourth-order valence-corrected chi connectivity index (χ4v) is 5.63. The highest BCUT2D eigenvalue weighted by molar-refractivity contribution is 7.10. The van der Waals surface area contributed by atoms with Crippen LogP contribution in [0.4, 0.5) is 24.8 Å². The van der Waals surface area contributed by atoms with E-state index in [1.165, 1.54) is 42.0 Å². The van der Waals surface area contributed by atoms with Gasteiger partial charge in [0.2, 0.25) is 5.95 Å². The first kappa shape index (κ1) is 31.3. The Morgan fingerprint density at radius 3 is 2.43 bits per heavy atom. The monoisotopic (exact) mass is 605 g/mol. The van der Waals surface area contributed by atoms with Gasteiger partial charge in [0.25, 0.3) is 11.8 Å². The number of carbonyl (C=O) groups excluding carboxylic acids is 2. The molecule has 1 fully saturated rings. The number of anilines is 2. The number of rotatable bonds is 9. The van der Waals surface area contributed by atoms with Crippen LogP contribution in [0.3, 0.4) is 0 Å². The molecule has 3 heterocycles. The van der Waals surface area contributed by atoms with E-state index < -0.39 is 23.7 Å². The van der Waals surface area contributed by atoms with Crippen LogP contribution in [0.1, 0.15) is 62.6 Å². The second-order valence-electron chi connectivity index (χ2n) is 10.5. The van der Waals surface area contributed by atoms with Gasteiger partial charge in [-0.2, -0.15) is 13.2 Å². The topological polar surface area (TPSA) is 124 Å². The van der Waals surface area contributed by atoms with Crippen LogP contribution in [0.25, 0.3) is 0 Å². The molecule has 1 aromatic carbocycles. The van der Waals surface area contributed by atoms with E-state index in [9.17, 15) is 22.8 Å². The van der Waals surface area contributed by atoms with Gasteiger partial charge in [0.15, 0.2) is 0 Å². The van der Waals surface area contributed by atoms with Crippen molar-refractivity contribution in [2.24, 2.45) is 5.92 Å². The number of benzene rings is 1. The molecule has 1 aliphatic heterocycles. The summed E-state index contributed by atoms with van der Waals surface area (Å²) in [5.74, 6) is -0.579. The summed E-state index contributed by atoms with van der Waals surface area (Å²) < 4.78 is 39.8. The maximum Gasteiger partial charge on any atom is 0.416 e. The van der Waals surface area contributed by atoms with Crippen molar-refractivity contribution in [2.75, 3.05) is 49.5 Å². The lowest BCUT2D eigenvalue weighted by Gasteiger charge is -2.34. The summed E-state index contributed by atoms with van der Waals surface area (Å²) >= 11 is 1.18. The number of thiazole rings is 1. The van der Waals surface area contributed by atoms with E-state index >= 15 is 0 Å². The summed E-state index contributed by atoms with van der Waals surface area (Å²) in [6, 6.07) is 3.07. The van der Waals surface area contributed by atoms with Gasteiger partial charge in [0.05, 0.1) is 29.5 Å². The Morgan fingerprint density at radius 2 is 1.81 bits per heavy atom. The van der Waals surface area contributed by atoms with Crippen molar-refractivity contribution in [1.29, 1.82) is 0 Å². The van der Waals surface area contributed by atoms with Crippen LogP contribution in [-0.4, -0.2) is 76.1 Å². The van der Waals surface area contributed by atoms with Gasteiger partial charge in [0.1, 0.15) is 10.7 Å². The van der Waals surface area contributed by atoms with E-state index in [0.29, 0.717) is 41.8 Å². The predicted octanol–water partition coefficient (Wildman–Crippen LogP) is 4.06. The van der Waals surface area contributed by atoms with Gasteiger partial charge in [-0.05, 0) is 37.5 Å². The number of aliphatic hydroxyl groups is 1. The fraction of sp³-hybridized carbons (Fsp3) is 0.464. The molecule has 1 atom stereocenters. The van der Waals surface area contributed by atoms with E-state index in [-0.39, 0.29) is 35.4 Å². The first-order valence-electron chi connectivity index (χ1n) is 13.5. The van der Waals surface area contributed by atoms with Crippen molar-refractivity contribution >= 4 is 34.8 Å². The number of nitrogens with zero attached hydrogens (tertiary/aromatic N) is 5. The van der Waals surface area contributed by atoms with E-state index in [4.69, 9.17) is 5.11 Å². The molecule has 10 nitrogen and oxygen atoms in total. The normalized spacial score (nSPS) is 15.1. The third-order valence-electron chi connectivity index (χ3n) is 7.06. The molecule has 1 aliphatic rings. The SMILES string of the molecule is Cc1ccc(NC(=O)c2csc([C@@H](NC(=O)c3cnc(N4CCN(CCO)CC4)nc3C)C(C)C)n2)cc1C(F)(F)F. The maximum absolute atomic E-state index is 13.3. The van der Waals surface area contributed by atoms with Gasteiger partial charge in [-0.1, -0.05) is 19.9 Å². The summed E-state index contributed by atoms with van der Waals surface area (Å²) in [6.45, 7) is 10.7. The van der Waals surface area contributed by atoms with Gasteiger partial charge in [-0.15, -0.1) is 11.3 Å². The maximum atomic E-state index is 13.3. The number of carbonyl (C=O) groups is 2. The zero-order valence-electron chi connectivity index (χ0n) is 23.8. The van der Waals surface area contributed by atoms with Crippen molar-refractivity contribution in [2.45, 2.75) is 39.9 Å². The minimum Gasteiger partial charge on any atom is -0.395 e. The molecule has 226 valence electrons. The standard InChI is InChI=1S/C28H34F3N7O3S/c1-16(2)23(26-35-22(15-42-26)25(41)34-19-6-5-17(3)21(13-19)28(29,30)31)36-24(40)20-14-32-27(33-18(20)4)38-9-7-37(8-10-38)11-12-39/h5-6,13-16,23,39H,7-12H2,1-4H3,(H,34,41)(H,36,40)/t23-/m0/s1. The van der Waals surface area contributed by atoms with Crippen LogP contribution in [-0.2, 0) is 6.18 Å². The Kier molecular flexibility index (Phi) is 9.79. The molecular formula is C28H34F3N7O3S. The molecule has 0 aliphatic carbocycles. The lowest BCUT2D eigenvalue weighted by atomic mass is 10.0. The fourth-order valence-electron chi connectivity index (χ4n) is 4.61. The first-order chi connectivity index (χ1) is 19.9. The smallest absolute Gasteiger partial charge is 0.395 e. The van der Waals surface area contributed by atoms with Gasteiger partial charge < -0.3 is 20.6 Å². The van der Waals surface area contributed by atoms with Gasteiger partial charge in [-0.3, -0.25) is 14.5 Å². The average molecular weight is 606 g/mol. The van der Waals surface area contributed by atoms with Crippen molar-refractivity contribution in [3.63, 3.8) is 0 Å². The number of alkyl halides is 3. The molecule has 2 amide bonds. The highest BCUT2D eigenvalue weighted by Crippen LogP contribution is 2.34. The molecule has 42 heavy (non-hydrogen) atoms. The molecule has 4 rings (SSSR count). The largest absolute Gasteiger partial charge is 0.416 e. The lowest BCUT2D eigenvalue weighted by Crippen LogP contribution is -2.47. The lowest BCUT2D eigenvalue weighted by molar-refractivity contribution is -0.138. The van der Waals surface area contributed by atoms with E-state index in [2.05, 4.69) is 30.5 Å². The minimum atomic E-state index is -4.54. The van der Waals surface area contributed by atoms with Crippen LogP contribution >= 0.6 is 11.3 Å². The number of aryl methyl sites for hydroxylation is 2. The Balaban J connectivity index is 1.43.